The van der Waals surface area contributed by atoms with Gasteiger partial charge in [0.1, 0.15) is 12.1 Å². The average molecular weight is 364 g/mol. The molecule has 0 radical (unpaired) electrons. The number of carbonyl (C=O) groups is 1. The maximum absolute atomic E-state index is 13.8. The van der Waals surface area contributed by atoms with E-state index in [0.717, 1.165) is 0 Å². The first-order valence-electron chi connectivity index (χ1n) is 5.95. The zero-order valence-corrected chi connectivity index (χ0v) is 12.1. The van der Waals surface area contributed by atoms with Crippen LogP contribution < -0.4 is 0 Å². The molecular weight excluding hydrogens is 355 g/mol. The second-order valence-corrected chi connectivity index (χ2v) is 5.66. The number of rotatable bonds is 3. The van der Waals surface area contributed by atoms with Crippen molar-refractivity contribution in [1.29, 1.82) is 0 Å². The molecule has 2 rings (SSSR count). The van der Waals surface area contributed by atoms with Crippen molar-refractivity contribution in [3.8, 4) is 0 Å². The molecule has 1 aromatic carbocycles. The third-order valence-electron chi connectivity index (χ3n) is 3.49. The molecule has 8 heteroatoms. The first-order chi connectivity index (χ1) is 9.85. The van der Waals surface area contributed by atoms with Crippen molar-refractivity contribution in [2.75, 3.05) is 0 Å². The number of halogens is 4. The Morgan fingerprint density at radius 1 is 1.19 bits per heavy atom. The van der Waals surface area contributed by atoms with E-state index < -0.39 is 34.3 Å². The maximum Gasteiger partial charge on any atom is 0.224 e. The molecule has 1 aliphatic carbocycles. The molecule has 0 saturated heterocycles. The van der Waals surface area contributed by atoms with Gasteiger partial charge in [-0.15, -0.1) is 0 Å². The van der Waals surface area contributed by atoms with E-state index in [2.05, 4.69) is 15.9 Å². The van der Waals surface area contributed by atoms with Crippen LogP contribution >= 0.6 is 15.9 Å². The van der Waals surface area contributed by atoms with Crippen LogP contribution in [-0.4, -0.2) is 17.3 Å². The Morgan fingerprint density at radius 2 is 1.81 bits per heavy atom. The van der Waals surface area contributed by atoms with Gasteiger partial charge < -0.3 is 0 Å². The number of carbonyl (C=O) groups excluding carboxylic acids is 1. The molecule has 0 bridgehead atoms. The molecule has 0 heterocycles. The largest absolute Gasteiger partial charge is 0.298 e. The minimum atomic E-state index is -1.35. The van der Waals surface area contributed by atoms with Crippen LogP contribution in [-0.2, 0) is 4.79 Å². The van der Waals surface area contributed by atoms with Gasteiger partial charge in [-0.05, 0) is 12.5 Å². The summed E-state index contributed by atoms with van der Waals surface area (Å²) in [6.45, 7) is 0. The van der Waals surface area contributed by atoms with E-state index in [1.165, 1.54) is 0 Å². The van der Waals surface area contributed by atoms with Gasteiger partial charge in [0, 0.05) is 33.0 Å². The number of allylic oxidation sites excluding steroid dienone is 1. The normalized spacial score (nSPS) is 22.3. The summed E-state index contributed by atoms with van der Waals surface area (Å²) in [5.41, 5.74) is -0.0477. The van der Waals surface area contributed by atoms with Gasteiger partial charge in [-0.2, -0.15) is 0 Å². The van der Waals surface area contributed by atoms with Crippen molar-refractivity contribution in [3.05, 3.63) is 55.3 Å². The summed E-state index contributed by atoms with van der Waals surface area (Å²) in [6.07, 6.45) is 0.278. The van der Waals surface area contributed by atoms with Crippen LogP contribution in [0.5, 0.6) is 0 Å². The van der Waals surface area contributed by atoms with Crippen molar-refractivity contribution >= 4 is 22.2 Å². The van der Waals surface area contributed by atoms with Crippen LogP contribution in [0.3, 0.4) is 0 Å². The minimum absolute atomic E-state index is 0.0261. The average Bonchev–Trinajstić information content (AvgIpc) is 2.42. The molecule has 1 aliphatic rings. The van der Waals surface area contributed by atoms with Gasteiger partial charge in [0.05, 0.1) is 5.92 Å². The molecule has 0 unspecified atom stereocenters. The van der Waals surface area contributed by atoms with Gasteiger partial charge in [-0.1, -0.05) is 15.9 Å². The van der Waals surface area contributed by atoms with E-state index in [1.54, 1.807) is 0 Å². The summed E-state index contributed by atoms with van der Waals surface area (Å²) in [5.74, 6) is -4.64. The lowest BCUT2D eigenvalue weighted by Gasteiger charge is -2.26. The number of nitrogens with zero attached hydrogens (tertiary/aromatic N) is 1. The van der Waals surface area contributed by atoms with E-state index in [4.69, 9.17) is 0 Å². The number of nitro groups is 1. The first-order valence-corrected chi connectivity index (χ1v) is 6.75. The molecule has 0 saturated carbocycles. The third kappa shape index (κ3) is 2.99. The van der Waals surface area contributed by atoms with Gasteiger partial charge in [0.15, 0.2) is 11.6 Å². The number of aldehydes is 1. The minimum Gasteiger partial charge on any atom is -0.298 e. The lowest BCUT2D eigenvalue weighted by molar-refractivity contribution is -0.526. The van der Waals surface area contributed by atoms with Gasteiger partial charge in [-0.3, -0.25) is 14.9 Å². The summed E-state index contributed by atoms with van der Waals surface area (Å²) in [4.78, 5) is 21.4. The standard InChI is InChI=1S/C13H9BrF3NO3/c14-9-2-8(13(18(20)21)1-6(9)5-19)7-3-11(16)12(17)4-10(7)15/h3-5,8,13H,1-2H2/t8-,13+/m0/s1. The van der Waals surface area contributed by atoms with Crippen molar-refractivity contribution in [1.82, 2.24) is 0 Å². The Hall–Kier alpha value is -1.70. The quantitative estimate of drug-likeness (QED) is 0.357. The number of hydrogen-bond donors (Lipinski definition) is 0. The van der Waals surface area contributed by atoms with Crippen LogP contribution in [0.25, 0.3) is 0 Å². The van der Waals surface area contributed by atoms with E-state index in [9.17, 15) is 28.1 Å². The fraction of sp³-hybridized carbons (Fsp3) is 0.308. The van der Waals surface area contributed by atoms with Gasteiger partial charge in [0.2, 0.25) is 6.04 Å². The predicted molar refractivity (Wildman–Crippen MR) is 71.1 cm³/mol. The fourth-order valence-electron chi connectivity index (χ4n) is 2.41. The Bertz CT molecular complexity index is 648. The third-order valence-corrected chi connectivity index (χ3v) is 4.33. The zero-order chi connectivity index (χ0) is 15.7. The van der Waals surface area contributed by atoms with Gasteiger partial charge in [0.25, 0.3) is 0 Å². The van der Waals surface area contributed by atoms with Crippen molar-refractivity contribution < 1.29 is 22.9 Å². The maximum atomic E-state index is 13.8. The Balaban J connectivity index is 2.51. The van der Waals surface area contributed by atoms with Crippen LogP contribution in [0, 0.1) is 27.6 Å². The topological polar surface area (TPSA) is 60.2 Å². The van der Waals surface area contributed by atoms with Crippen molar-refractivity contribution in [3.63, 3.8) is 0 Å². The highest BCUT2D eigenvalue weighted by atomic mass is 79.9. The van der Waals surface area contributed by atoms with E-state index in [-0.39, 0.29) is 24.0 Å². The van der Waals surface area contributed by atoms with Crippen LogP contribution in [0.4, 0.5) is 13.2 Å². The summed E-state index contributed by atoms with van der Waals surface area (Å²) < 4.78 is 40.5. The molecule has 0 N–H and O–H groups in total. The summed E-state index contributed by atoms with van der Waals surface area (Å²) in [5, 5.41) is 11.1. The molecule has 0 aromatic heterocycles. The lowest BCUT2D eigenvalue weighted by atomic mass is 9.80. The molecule has 2 atom stereocenters. The fourth-order valence-corrected chi connectivity index (χ4v) is 3.02. The summed E-state index contributed by atoms with van der Waals surface area (Å²) in [7, 11) is 0. The molecule has 0 fully saturated rings. The van der Waals surface area contributed by atoms with Crippen molar-refractivity contribution in [2.24, 2.45) is 0 Å². The molecule has 4 nitrogen and oxygen atoms in total. The second kappa shape index (κ2) is 5.97. The van der Waals surface area contributed by atoms with Crippen LogP contribution in [0.2, 0.25) is 0 Å². The summed E-state index contributed by atoms with van der Waals surface area (Å²) in [6, 6.07) is -0.266. The van der Waals surface area contributed by atoms with Gasteiger partial charge >= 0.3 is 0 Å². The molecule has 0 amide bonds. The molecule has 1 aromatic rings. The highest BCUT2D eigenvalue weighted by Gasteiger charge is 2.40. The second-order valence-electron chi connectivity index (χ2n) is 4.70. The Labute approximate surface area is 125 Å². The van der Waals surface area contributed by atoms with Gasteiger partial charge in [-0.25, -0.2) is 13.2 Å². The van der Waals surface area contributed by atoms with E-state index in [1.807, 2.05) is 0 Å². The SMILES string of the molecule is O=CC1=C(Br)C[C@@H](c2cc(F)c(F)cc2F)[C@H]([N+](=O)[O-])C1. The zero-order valence-electron chi connectivity index (χ0n) is 10.5. The molecule has 21 heavy (non-hydrogen) atoms. The molecule has 0 spiro atoms. The smallest absolute Gasteiger partial charge is 0.224 e. The first kappa shape index (κ1) is 15.7. The van der Waals surface area contributed by atoms with Crippen molar-refractivity contribution in [2.45, 2.75) is 24.8 Å². The van der Waals surface area contributed by atoms with E-state index >= 15 is 0 Å². The van der Waals surface area contributed by atoms with Crippen LogP contribution in [0.15, 0.2) is 22.2 Å². The number of hydrogen-bond acceptors (Lipinski definition) is 3. The highest BCUT2D eigenvalue weighted by Crippen LogP contribution is 2.40. The monoisotopic (exact) mass is 363 g/mol. The molecule has 112 valence electrons. The lowest BCUT2D eigenvalue weighted by Crippen LogP contribution is -2.32. The highest BCUT2D eigenvalue weighted by molar-refractivity contribution is 9.11. The number of benzene rings is 1. The molecule has 0 aliphatic heterocycles. The van der Waals surface area contributed by atoms with Crippen LogP contribution in [0.1, 0.15) is 24.3 Å². The Kier molecular flexibility index (Phi) is 4.46. The Morgan fingerprint density at radius 3 is 2.38 bits per heavy atom. The predicted octanol–water partition coefficient (Wildman–Crippen LogP) is 3.47. The molecular formula is C13H9BrF3NO3. The summed E-state index contributed by atoms with van der Waals surface area (Å²) >= 11 is 3.12. The van der Waals surface area contributed by atoms with E-state index in [0.29, 0.717) is 22.9 Å².